The zero-order chi connectivity index (χ0) is 14.7. The normalized spacial score (nSPS) is 19.5. The van der Waals surface area contributed by atoms with Gasteiger partial charge in [-0.15, -0.1) is 0 Å². The Morgan fingerprint density at radius 2 is 1.95 bits per heavy atom. The van der Waals surface area contributed by atoms with E-state index in [0.717, 1.165) is 37.0 Å². The zero-order valence-electron chi connectivity index (χ0n) is 12.4. The summed E-state index contributed by atoms with van der Waals surface area (Å²) >= 11 is 0. The summed E-state index contributed by atoms with van der Waals surface area (Å²) in [7, 11) is 0. The van der Waals surface area contributed by atoms with Crippen molar-refractivity contribution in [1.29, 1.82) is 0 Å². The fourth-order valence-electron chi connectivity index (χ4n) is 3.31. The van der Waals surface area contributed by atoms with Crippen LogP contribution in [0.15, 0.2) is 53.7 Å². The Bertz CT molecular complexity index is 646. The maximum Gasteiger partial charge on any atom is 0.0945 e. The molecule has 0 bridgehead atoms. The average Bonchev–Trinajstić information content (AvgIpc) is 2.54. The molecule has 2 aromatic rings. The fraction of sp³-hybridized carbons (Fsp3) is 0.316. The lowest BCUT2D eigenvalue weighted by molar-refractivity contribution is 0.316. The highest BCUT2D eigenvalue weighted by Crippen LogP contribution is 2.33. The van der Waals surface area contributed by atoms with Gasteiger partial charge in [0.25, 0.3) is 0 Å². The molecule has 3 rings (SSSR count). The molecule has 0 unspecified atom stereocenters. The van der Waals surface area contributed by atoms with Gasteiger partial charge in [0.1, 0.15) is 0 Å². The van der Waals surface area contributed by atoms with E-state index in [-0.39, 0.29) is 5.92 Å². The Kier molecular flexibility index (Phi) is 4.05. The lowest BCUT2D eigenvalue weighted by atomic mass is 9.78. The maximum atomic E-state index is 9.53. The molecule has 0 radical (unpaired) electrons. The van der Waals surface area contributed by atoms with E-state index in [1.165, 1.54) is 16.7 Å². The number of nitrogens with zero attached hydrogens (tertiary/aromatic N) is 1. The standard InChI is InChI=1S/C19H21NO/c1-2-6-14-9-11-18-16(13-14)10-12-17(19(18)20-21)15-7-4-3-5-8-15/h3-5,7-9,11,13,17,21H,2,6,10,12H2,1H3/b20-19-/t17-/m1/s1. The topological polar surface area (TPSA) is 32.6 Å². The van der Waals surface area contributed by atoms with Crippen LogP contribution in [0.2, 0.25) is 0 Å². The number of hydrogen-bond acceptors (Lipinski definition) is 2. The van der Waals surface area contributed by atoms with Crippen LogP contribution in [-0.2, 0) is 12.8 Å². The van der Waals surface area contributed by atoms with Gasteiger partial charge in [-0.2, -0.15) is 0 Å². The fourth-order valence-corrected chi connectivity index (χ4v) is 3.31. The van der Waals surface area contributed by atoms with E-state index in [9.17, 15) is 5.21 Å². The van der Waals surface area contributed by atoms with Gasteiger partial charge in [0.2, 0.25) is 0 Å². The Morgan fingerprint density at radius 3 is 2.67 bits per heavy atom. The van der Waals surface area contributed by atoms with Crippen LogP contribution in [0.4, 0.5) is 0 Å². The van der Waals surface area contributed by atoms with Gasteiger partial charge in [0.15, 0.2) is 0 Å². The first kappa shape index (κ1) is 13.9. The minimum Gasteiger partial charge on any atom is -0.411 e. The van der Waals surface area contributed by atoms with Crippen molar-refractivity contribution in [3.05, 3.63) is 70.8 Å². The number of benzene rings is 2. The van der Waals surface area contributed by atoms with Crippen molar-refractivity contribution in [2.24, 2.45) is 5.16 Å². The Balaban J connectivity index is 1.98. The van der Waals surface area contributed by atoms with Crippen molar-refractivity contribution in [3.8, 4) is 0 Å². The Hall–Kier alpha value is -2.09. The van der Waals surface area contributed by atoms with Gasteiger partial charge >= 0.3 is 0 Å². The van der Waals surface area contributed by atoms with Gasteiger partial charge in [-0.05, 0) is 36.0 Å². The predicted octanol–water partition coefficient (Wildman–Crippen LogP) is 4.55. The summed E-state index contributed by atoms with van der Waals surface area (Å²) in [5.74, 6) is 0.195. The molecule has 0 fully saturated rings. The third-order valence-electron chi connectivity index (χ3n) is 4.33. The molecular weight excluding hydrogens is 258 g/mol. The number of fused-ring (bicyclic) bond motifs is 1. The lowest BCUT2D eigenvalue weighted by Gasteiger charge is -2.26. The van der Waals surface area contributed by atoms with Gasteiger partial charge in [-0.3, -0.25) is 0 Å². The van der Waals surface area contributed by atoms with Gasteiger partial charge in [0.05, 0.1) is 5.71 Å². The van der Waals surface area contributed by atoms with E-state index in [1.54, 1.807) is 0 Å². The smallest absolute Gasteiger partial charge is 0.0945 e. The van der Waals surface area contributed by atoms with Crippen LogP contribution in [0.1, 0.15) is 47.9 Å². The summed E-state index contributed by atoms with van der Waals surface area (Å²) in [5, 5.41) is 13.2. The van der Waals surface area contributed by atoms with E-state index in [0.29, 0.717) is 0 Å². The molecule has 0 heterocycles. The molecule has 0 aliphatic heterocycles. The lowest BCUT2D eigenvalue weighted by Crippen LogP contribution is -2.22. The van der Waals surface area contributed by atoms with E-state index in [4.69, 9.17) is 0 Å². The highest BCUT2D eigenvalue weighted by atomic mass is 16.4. The molecule has 0 aromatic heterocycles. The summed E-state index contributed by atoms with van der Waals surface area (Å²) < 4.78 is 0. The van der Waals surface area contributed by atoms with Crippen molar-refractivity contribution in [2.75, 3.05) is 0 Å². The van der Waals surface area contributed by atoms with E-state index >= 15 is 0 Å². The van der Waals surface area contributed by atoms with Crippen molar-refractivity contribution in [3.63, 3.8) is 0 Å². The van der Waals surface area contributed by atoms with Gasteiger partial charge in [0, 0.05) is 11.5 Å². The van der Waals surface area contributed by atoms with Crippen molar-refractivity contribution in [2.45, 2.75) is 38.5 Å². The van der Waals surface area contributed by atoms with Gasteiger partial charge in [-0.1, -0.05) is 67.0 Å². The molecule has 1 N–H and O–H groups in total. The van der Waals surface area contributed by atoms with Crippen LogP contribution in [-0.4, -0.2) is 10.9 Å². The second-order valence-electron chi connectivity index (χ2n) is 5.73. The number of oxime groups is 1. The Morgan fingerprint density at radius 1 is 1.14 bits per heavy atom. The molecule has 2 heteroatoms. The molecule has 2 nitrogen and oxygen atoms in total. The summed E-state index contributed by atoms with van der Waals surface area (Å²) in [5.41, 5.74) is 5.85. The molecule has 0 amide bonds. The molecule has 1 aliphatic rings. The summed E-state index contributed by atoms with van der Waals surface area (Å²) in [6.45, 7) is 2.20. The largest absolute Gasteiger partial charge is 0.411 e. The third kappa shape index (κ3) is 2.71. The second kappa shape index (κ2) is 6.13. The van der Waals surface area contributed by atoms with Crippen LogP contribution in [0.5, 0.6) is 0 Å². The molecule has 21 heavy (non-hydrogen) atoms. The van der Waals surface area contributed by atoms with Gasteiger partial charge in [-0.25, -0.2) is 0 Å². The average molecular weight is 279 g/mol. The quantitative estimate of drug-likeness (QED) is 0.649. The minimum atomic E-state index is 0.195. The number of hydrogen-bond donors (Lipinski definition) is 1. The van der Waals surface area contributed by atoms with E-state index < -0.39 is 0 Å². The molecular formula is C19H21NO. The van der Waals surface area contributed by atoms with Crippen LogP contribution in [0.3, 0.4) is 0 Å². The zero-order valence-corrected chi connectivity index (χ0v) is 12.4. The van der Waals surface area contributed by atoms with Crippen LogP contribution in [0, 0.1) is 0 Å². The first-order valence-electron chi connectivity index (χ1n) is 7.72. The Labute approximate surface area is 126 Å². The van der Waals surface area contributed by atoms with Crippen LogP contribution < -0.4 is 0 Å². The summed E-state index contributed by atoms with van der Waals surface area (Å²) in [6, 6.07) is 16.9. The molecule has 1 atom stereocenters. The third-order valence-corrected chi connectivity index (χ3v) is 4.33. The second-order valence-corrected chi connectivity index (χ2v) is 5.73. The van der Waals surface area contributed by atoms with Crippen molar-refractivity contribution >= 4 is 5.71 Å². The SMILES string of the molecule is CCCc1ccc2c(c1)CC[C@H](c1ccccc1)/C2=N/O. The summed E-state index contributed by atoms with van der Waals surface area (Å²) in [6.07, 6.45) is 4.32. The minimum absolute atomic E-state index is 0.195. The number of rotatable bonds is 3. The van der Waals surface area contributed by atoms with E-state index in [1.807, 2.05) is 18.2 Å². The molecule has 1 aliphatic carbocycles. The monoisotopic (exact) mass is 279 g/mol. The molecule has 2 aromatic carbocycles. The van der Waals surface area contributed by atoms with Crippen molar-refractivity contribution < 1.29 is 5.21 Å². The summed E-state index contributed by atoms with van der Waals surface area (Å²) in [4.78, 5) is 0. The maximum absolute atomic E-state index is 9.53. The van der Waals surface area contributed by atoms with Crippen molar-refractivity contribution in [1.82, 2.24) is 0 Å². The first-order chi connectivity index (χ1) is 10.3. The number of aryl methyl sites for hydroxylation is 2. The van der Waals surface area contributed by atoms with E-state index in [2.05, 4.69) is 42.4 Å². The van der Waals surface area contributed by atoms with Crippen LogP contribution >= 0.6 is 0 Å². The predicted molar refractivity (Wildman–Crippen MR) is 86.3 cm³/mol. The highest BCUT2D eigenvalue weighted by Gasteiger charge is 2.27. The molecule has 0 spiro atoms. The molecule has 0 saturated heterocycles. The van der Waals surface area contributed by atoms with Crippen LogP contribution in [0.25, 0.3) is 0 Å². The van der Waals surface area contributed by atoms with Gasteiger partial charge < -0.3 is 5.21 Å². The highest BCUT2D eigenvalue weighted by molar-refractivity contribution is 6.06. The molecule has 0 saturated carbocycles. The first-order valence-corrected chi connectivity index (χ1v) is 7.72. The molecule has 108 valence electrons.